The van der Waals surface area contributed by atoms with Crippen LogP contribution in [0.2, 0.25) is 0 Å². The number of nitrogens with zero attached hydrogens (tertiary/aromatic N) is 1. The van der Waals surface area contributed by atoms with E-state index in [4.69, 9.17) is 10.8 Å². The molecular formula is C12H17N3O2. The van der Waals surface area contributed by atoms with E-state index >= 15 is 0 Å². The van der Waals surface area contributed by atoms with Crippen LogP contribution in [0.5, 0.6) is 0 Å². The first-order chi connectivity index (χ1) is 8.06. The maximum Gasteiger partial charge on any atom is 0.354 e. The van der Waals surface area contributed by atoms with E-state index in [2.05, 4.69) is 17.2 Å². The standard InChI is InChI=1S/C12H17N3O2/c1-7(6-8-2-3-8)14-11-9(13)4-5-10(15-11)12(16)17/h4-5,7-8H,2-3,6,13H2,1H3,(H,14,15)(H,16,17). The molecular weight excluding hydrogens is 218 g/mol. The summed E-state index contributed by atoms with van der Waals surface area (Å²) in [7, 11) is 0. The second-order valence-electron chi connectivity index (χ2n) is 4.66. The highest BCUT2D eigenvalue weighted by Gasteiger charge is 2.24. The molecule has 2 rings (SSSR count). The number of carboxylic acid groups (broad SMARTS) is 1. The van der Waals surface area contributed by atoms with Gasteiger partial charge in [0.05, 0.1) is 5.69 Å². The predicted octanol–water partition coefficient (Wildman–Crippen LogP) is 1.96. The molecule has 92 valence electrons. The van der Waals surface area contributed by atoms with Crippen molar-refractivity contribution in [1.29, 1.82) is 0 Å². The molecule has 1 saturated carbocycles. The SMILES string of the molecule is CC(CC1CC1)Nc1nc(C(=O)O)ccc1N. The highest BCUT2D eigenvalue weighted by atomic mass is 16.4. The van der Waals surface area contributed by atoms with Crippen LogP contribution < -0.4 is 11.1 Å². The molecule has 4 N–H and O–H groups in total. The summed E-state index contributed by atoms with van der Waals surface area (Å²) < 4.78 is 0. The van der Waals surface area contributed by atoms with Crippen LogP contribution in [0.1, 0.15) is 36.7 Å². The zero-order chi connectivity index (χ0) is 12.4. The third kappa shape index (κ3) is 3.09. The maximum atomic E-state index is 10.8. The van der Waals surface area contributed by atoms with Gasteiger partial charge >= 0.3 is 5.97 Å². The molecule has 1 unspecified atom stereocenters. The average molecular weight is 235 g/mol. The minimum Gasteiger partial charge on any atom is -0.477 e. The van der Waals surface area contributed by atoms with Crippen molar-refractivity contribution in [2.45, 2.75) is 32.2 Å². The van der Waals surface area contributed by atoms with E-state index in [1.54, 1.807) is 6.07 Å². The molecule has 0 amide bonds. The lowest BCUT2D eigenvalue weighted by Gasteiger charge is -2.15. The summed E-state index contributed by atoms with van der Waals surface area (Å²) in [5.74, 6) is 0.238. The third-order valence-electron chi connectivity index (χ3n) is 2.91. The molecule has 1 aliphatic carbocycles. The van der Waals surface area contributed by atoms with E-state index in [1.807, 2.05) is 0 Å². The normalized spacial score (nSPS) is 16.5. The Hall–Kier alpha value is -1.78. The fourth-order valence-corrected chi connectivity index (χ4v) is 1.85. The van der Waals surface area contributed by atoms with Crippen molar-refractivity contribution >= 4 is 17.5 Å². The molecule has 0 aromatic carbocycles. The lowest BCUT2D eigenvalue weighted by Crippen LogP contribution is -2.18. The van der Waals surface area contributed by atoms with Gasteiger partial charge in [-0.1, -0.05) is 12.8 Å². The first kappa shape index (κ1) is 11.7. The molecule has 5 nitrogen and oxygen atoms in total. The van der Waals surface area contributed by atoms with Gasteiger partial charge in [0.2, 0.25) is 0 Å². The van der Waals surface area contributed by atoms with Gasteiger partial charge in [0.1, 0.15) is 5.82 Å². The van der Waals surface area contributed by atoms with Gasteiger partial charge in [-0.15, -0.1) is 0 Å². The van der Waals surface area contributed by atoms with E-state index in [-0.39, 0.29) is 11.7 Å². The molecule has 1 heterocycles. The average Bonchev–Trinajstić information content (AvgIpc) is 3.04. The van der Waals surface area contributed by atoms with Crippen molar-refractivity contribution < 1.29 is 9.90 Å². The number of hydrogen-bond donors (Lipinski definition) is 3. The highest BCUT2D eigenvalue weighted by Crippen LogP contribution is 2.34. The maximum absolute atomic E-state index is 10.8. The van der Waals surface area contributed by atoms with E-state index in [0.717, 1.165) is 12.3 Å². The number of anilines is 2. The van der Waals surface area contributed by atoms with E-state index in [0.29, 0.717) is 11.5 Å². The Morgan fingerprint density at radius 3 is 2.94 bits per heavy atom. The van der Waals surface area contributed by atoms with Crippen LogP contribution in [0.25, 0.3) is 0 Å². The second kappa shape index (κ2) is 4.61. The molecule has 1 aromatic heterocycles. The lowest BCUT2D eigenvalue weighted by atomic mass is 10.1. The largest absolute Gasteiger partial charge is 0.477 e. The van der Waals surface area contributed by atoms with E-state index in [1.165, 1.54) is 18.9 Å². The van der Waals surface area contributed by atoms with E-state index in [9.17, 15) is 4.79 Å². The van der Waals surface area contributed by atoms with Gasteiger partial charge in [-0.05, 0) is 31.4 Å². The molecule has 1 fully saturated rings. The Kier molecular flexibility index (Phi) is 3.17. The Morgan fingerprint density at radius 2 is 2.35 bits per heavy atom. The molecule has 1 aromatic rings. The van der Waals surface area contributed by atoms with Crippen LogP contribution in [-0.4, -0.2) is 22.1 Å². The number of rotatable bonds is 5. The molecule has 0 spiro atoms. The second-order valence-corrected chi connectivity index (χ2v) is 4.66. The van der Waals surface area contributed by atoms with Crippen LogP contribution in [-0.2, 0) is 0 Å². The number of hydrogen-bond acceptors (Lipinski definition) is 4. The zero-order valence-corrected chi connectivity index (χ0v) is 9.81. The van der Waals surface area contributed by atoms with Gasteiger partial charge in [-0.3, -0.25) is 0 Å². The molecule has 0 radical (unpaired) electrons. The quantitative estimate of drug-likeness (QED) is 0.726. The van der Waals surface area contributed by atoms with Crippen LogP contribution in [0.4, 0.5) is 11.5 Å². The van der Waals surface area contributed by atoms with Gasteiger partial charge in [0.15, 0.2) is 5.69 Å². The number of carboxylic acids is 1. The Bertz CT molecular complexity index is 430. The smallest absolute Gasteiger partial charge is 0.354 e. The predicted molar refractivity (Wildman–Crippen MR) is 66.0 cm³/mol. The fourth-order valence-electron chi connectivity index (χ4n) is 1.85. The number of pyridine rings is 1. The Balaban J connectivity index is 2.07. The van der Waals surface area contributed by atoms with Crippen LogP contribution in [0, 0.1) is 5.92 Å². The third-order valence-corrected chi connectivity index (χ3v) is 2.91. The van der Waals surface area contributed by atoms with Gasteiger partial charge in [-0.25, -0.2) is 9.78 Å². The number of nitrogens with one attached hydrogen (secondary N) is 1. The van der Waals surface area contributed by atoms with Gasteiger partial charge in [-0.2, -0.15) is 0 Å². The van der Waals surface area contributed by atoms with Crippen LogP contribution >= 0.6 is 0 Å². The minimum atomic E-state index is -1.04. The molecule has 5 heteroatoms. The minimum absolute atomic E-state index is 0.0142. The van der Waals surface area contributed by atoms with Gasteiger partial charge < -0.3 is 16.2 Å². The number of carbonyl (C=O) groups is 1. The number of aromatic carboxylic acids is 1. The molecule has 0 bridgehead atoms. The molecule has 1 atom stereocenters. The van der Waals surface area contributed by atoms with Crippen LogP contribution in [0.3, 0.4) is 0 Å². The lowest BCUT2D eigenvalue weighted by molar-refractivity contribution is 0.0690. The van der Waals surface area contributed by atoms with Gasteiger partial charge in [0.25, 0.3) is 0 Å². The molecule has 17 heavy (non-hydrogen) atoms. The molecule has 0 aliphatic heterocycles. The number of nitrogen functional groups attached to an aromatic ring is 1. The summed E-state index contributed by atoms with van der Waals surface area (Å²) in [6.07, 6.45) is 3.67. The number of aromatic nitrogens is 1. The summed E-state index contributed by atoms with van der Waals surface area (Å²) in [6, 6.07) is 3.25. The van der Waals surface area contributed by atoms with Crippen molar-refractivity contribution in [1.82, 2.24) is 4.98 Å². The summed E-state index contributed by atoms with van der Waals surface area (Å²) >= 11 is 0. The van der Waals surface area contributed by atoms with E-state index < -0.39 is 5.97 Å². The Labute approximate surface area is 100 Å². The number of nitrogens with two attached hydrogens (primary N) is 1. The zero-order valence-electron chi connectivity index (χ0n) is 9.81. The molecule has 1 aliphatic rings. The Morgan fingerprint density at radius 1 is 1.65 bits per heavy atom. The van der Waals surface area contributed by atoms with Crippen molar-refractivity contribution in [2.75, 3.05) is 11.1 Å². The monoisotopic (exact) mass is 235 g/mol. The summed E-state index contributed by atoms with van der Waals surface area (Å²) in [4.78, 5) is 14.8. The first-order valence-corrected chi connectivity index (χ1v) is 5.82. The van der Waals surface area contributed by atoms with Crippen molar-refractivity contribution in [2.24, 2.45) is 5.92 Å². The first-order valence-electron chi connectivity index (χ1n) is 5.82. The van der Waals surface area contributed by atoms with Crippen molar-refractivity contribution in [3.05, 3.63) is 17.8 Å². The summed E-state index contributed by atoms with van der Waals surface area (Å²) in [5, 5.41) is 12.0. The van der Waals surface area contributed by atoms with Crippen molar-refractivity contribution in [3.8, 4) is 0 Å². The molecule has 0 saturated heterocycles. The van der Waals surface area contributed by atoms with Crippen molar-refractivity contribution in [3.63, 3.8) is 0 Å². The fraction of sp³-hybridized carbons (Fsp3) is 0.500. The summed E-state index contributed by atoms with van der Waals surface area (Å²) in [5.41, 5.74) is 6.26. The highest BCUT2D eigenvalue weighted by molar-refractivity contribution is 5.86. The summed E-state index contributed by atoms with van der Waals surface area (Å²) in [6.45, 7) is 2.06. The topological polar surface area (TPSA) is 88.2 Å². The van der Waals surface area contributed by atoms with Crippen LogP contribution in [0.15, 0.2) is 12.1 Å². The van der Waals surface area contributed by atoms with Gasteiger partial charge in [0, 0.05) is 6.04 Å².